The van der Waals surface area contributed by atoms with Crippen LogP contribution >= 0.6 is 11.3 Å². The van der Waals surface area contributed by atoms with E-state index in [1.54, 1.807) is 31.8 Å². The molecular formula is C21H25N5O2S. The van der Waals surface area contributed by atoms with Crippen molar-refractivity contribution < 1.29 is 9.47 Å². The van der Waals surface area contributed by atoms with Gasteiger partial charge in [-0.05, 0) is 38.0 Å². The largest absolute Gasteiger partial charge is 0.497 e. The predicted molar refractivity (Wildman–Crippen MR) is 116 cm³/mol. The molecule has 152 valence electrons. The van der Waals surface area contributed by atoms with E-state index in [0.29, 0.717) is 18.5 Å². The maximum atomic E-state index is 5.28. The minimum absolute atomic E-state index is 0.196. The van der Waals surface area contributed by atoms with E-state index in [1.807, 2.05) is 30.3 Å². The Morgan fingerprint density at radius 3 is 2.83 bits per heavy atom. The van der Waals surface area contributed by atoms with Gasteiger partial charge in [0, 0.05) is 37.0 Å². The van der Waals surface area contributed by atoms with Crippen LogP contribution in [0, 0.1) is 0 Å². The van der Waals surface area contributed by atoms with Gasteiger partial charge in [0.25, 0.3) is 0 Å². The third-order valence-corrected chi connectivity index (χ3v) is 5.64. The maximum Gasteiger partial charge on any atom is 0.227 e. The van der Waals surface area contributed by atoms with E-state index in [-0.39, 0.29) is 6.04 Å². The highest BCUT2D eigenvalue weighted by atomic mass is 32.1. The van der Waals surface area contributed by atoms with Crippen LogP contribution in [0.4, 0.5) is 16.8 Å². The van der Waals surface area contributed by atoms with Gasteiger partial charge in [0.15, 0.2) is 5.13 Å². The molecule has 0 aliphatic heterocycles. The molecule has 0 saturated heterocycles. The minimum atomic E-state index is 0.196. The second kappa shape index (κ2) is 8.75. The van der Waals surface area contributed by atoms with Crippen molar-refractivity contribution in [1.82, 2.24) is 15.0 Å². The van der Waals surface area contributed by atoms with Crippen molar-refractivity contribution in [3.63, 3.8) is 0 Å². The second-order valence-corrected chi connectivity index (χ2v) is 8.13. The Morgan fingerprint density at radius 2 is 2.07 bits per heavy atom. The summed E-state index contributed by atoms with van der Waals surface area (Å²) < 4.78 is 10.5. The number of anilines is 3. The first-order valence-corrected chi connectivity index (χ1v) is 10.5. The molecule has 8 heteroatoms. The van der Waals surface area contributed by atoms with Crippen LogP contribution < -0.4 is 15.4 Å². The van der Waals surface area contributed by atoms with Crippen LogP contribution in [-0.4, -0.2) is 41.8 Å². The van der Waals surface area contributed by atoms with Crippen LogP contribution in [0.2, 0.25) is 0 Å². The first-order chi connectivity index (χ1) is 14.2. The number of hydrogen-bond acceptors (Lipinski definition) is 8. The highest BCUT2D eigenvalue weighted by molar-refractivity contribution is 7.19. The van der Waals surface area contributed by atoms with Gasteiger partial charge in [-0.1, -0.05) is 17.4 Å². The lowest BCUT2D eigenvalue weighted by Gasteiger charge is -2.10. The van der Waals surface area contributed by atoms with Gasteiger partial charge in [-0.2, -0.15) is 0 Å². The van der Waals surface area contributed by atoms with E-state index in [2.05, 4.69) is 22.5 Å². The van der Waals surface area contributed by atoms with Gasteiger partial charge in [-0.25, -0.2) is 15.0 Å². The van der Waals surface area contributed by atoms with Gasteiger partial charge in [-0.3, -0.25) is 0 Å². The second-order valence-electron chi connectivity index (χ2n) is 7.13. The first-order valence-electron chi connectivity index (χ1n) is 9.67. The maximum absolute atomic E-state index is 5.28. The SMILES string of the molecule is COCC(C)Nc1nc(C2CC2)c(-c2ccnc(Nc3cccc(OC)c3)n2)s1. The molecule has 0 radical (unpaired) electrons. The van der Waals surface area contributed by atoms with Crippen molar-refractivity contribution in [3.05, 3.63) is 42.2 Å². The fraction of sp³-hybridized carbons (Fsp3) is 0.381. The standard InChI is InChI=1S/C21H25N5O2S/c1-13(12-27-2)23-21-26-18(14-7-8-14)19(29-21)17-9-10-22-20(25-17)24-15-5-4-6-16(11-15)28-3/h4-6,9-11,13-14H,7-8,12H2,1-3H3,(H,23,26)(H,22,24,25). The van der Waals surface area contributed by atoms with Crippen LogP contribution in [0.1, 0.15) is 31.4 Å². The Labute approximate surface area is 174 Å². The van der Waals surface area contributed by atoms with Gasteiger partial charge in [0.05, 0.1) is 30.0 Å². The number of rotatable bonds is 9. The third-order valence-electron chi connectivity index (χ3n) is 4.62. The molecule has 29 heavy (non-hydrogen) atoms. The van der Waals surface area contributed by atoms with E-state index in [9.17, 15) is 0 Å². The van der Waals surface area contributed by atoms with Crippen LogP contribution in [0.5, 0.6) is 5.75 Å². The van der Waals surface area contributed by atoms with Gasteiger partial charge < -0.3 is 20.1 Å². The molecule has 0 bridgehead atoms. The Kier molecular flexibility index (Phi) is 5.92. The van der Waals surface area contributed by atoms with Gasteiger partial charge in [-0.15, -0.1) is 0 Å². The van der Waals surface area contributed by atoms with Crippen molar-refractivity contribution in [2.45, 2.75) is 31.7 Å². The summed E-state index contributed by atoms with van der Waals surface area (Å²) in [6, 6.07) is 9.84. The van der Waals surface area contributed by atoms with E-state index < -0.39 is 0 Å². The fourth-order valence-corrected chi connectivity index (χ4v) is 4.22. The van der Waals surface area contributed by atoms with Crippen molar-refractivity contribution in [2.24, 2.45) is 0 Å². The fourth-order valence-electron chi connectivity index (χ4n) is 3.09. The minimum Gasteiger partial charge on any atom is -0.497 e. The Hall–Kier alpha value is -2.71. The monoisotopic (exact) mass is 411 g/mol. The number of aromatic nitrogens is 3. The van der Waals surface area contributed by atoms with Crippen molar-refractivity contribution in [3.8, 4) is 16.3 Å². The Balaban J connectivity index is 1.59. The molecule has 4 rings (SSSR count). The lowest BCUT2D eigenvalue weighted by Crippen LogP contribution is -2.20. The smallest absolute Gasteiger partial charge is 0.227 e. The molecule has 1 unspecified atom stereocenters. The molecule has 3 aromatic rings. The molecule has 0 spiro atoms. The van der Waals surface area contributed by atoms with Gasteiger partial charge in [0.1, 0.15) is 5.75 Å². The molecule has 7 nitrogen and oxygen atoms in total. The van der Waals surface area contributed by atoms with Gasteiger partial charge >= 0.3 is 0 Å². The molecular weight excluding hydrogens is 386 g/mol. The molecule has 1 atom stereocenters. The average Bonchev–Trinajstić information content (AvgIpc) is 3.49. The summed E-state index contributed by atoms with van der Waals surface area (Å²) in [4.78, 5) is 15.1. The number of ether oxygens (including phenoxy) is 2. The number of nitrogens with one attached hydrogen (secondary N) is 2. The van der Waals surface area contributed by atoms with E-state index >= 15 is 0 Å². The number of nitrogens with zero attached hydrogens (tertiary/aromatic N) is 3. The summed E-state index contributed by atoms with van der Waals surface area (Å²) in [5.74, 6) is 1.86. The van der Waals surface area contributed by atoms with Crippen LogP contribution in [0.15, 0.2) is 36.5 Å². The zero-order valence-electron chi connectivity index (χ0n) is 16.8. The number of methoxy groups -OCH3 is 2. The number of benzene rings is 1. The number of hydrogen-bond donors (Lipinski definition) is 2. The summed E-state index contributed by atoms with van der Waals surface area (Å²) >= 11 is 1.64. The van der Waals surface area contributed by atoms with E-state index in [1.165, 1.54) is 12.8 Å². The highest BCUT2D eigenvalue weighted by Crippen LogP contribution is 2.47. The molecule has 2 aromatic heterocycles. The lowest BCUT2D eigenvalue weighted by molar-refractivity contribution is 0.190. The zero-order valence-corrected chi connectivity index (χ0v) is 17.6. The Bertz CT molecular complexity index is 973. The zero-order chi connectivity index (χ0) is 20.2. The van der Waals surface area contributed by atoms with Crippen molar-refractivity contribution in [2.75, 3.05) is 31.5 Å². The lowest BCUT2D eigenvalue weighted by atomic mass is 10.2. The summed E-state index contributed by atoms with van der Waals surface area (Å²) in [6.07, 6.45) is 4.15. The van der Waals surface area contributed by atoms with Crippen LogP contribution in [0.25, 0.3) is 10.6 Å². The molecule has 2 heterocycles. The normalized spacial score (nSPS) is 14.4. The summed E-state index contributed by atoms with van der Waals surface area (Å²) in [5, 5.41) is 7.60. The highest BCUT2D eigenvalue weighted by Gasteiger charge is 2.31. The van der Waals surface area contributed by atoms with E-state index in [4.69, 9.17) is 19.4 Å². The molecule has 2 N–H and O–H groups in total. The quantitative estimate of drug-likeness (QED) is 0.529. The molecule has 1 aliphatic carbocycles. The van der Waals surface area contributed by atoms with E-state index in [0.717, 1.165) is 32.8 Å². The van der Waals surface area contributed by atoms with Crippen molar-refractivity contribution >= 4 is 28.1 Å². The molecule has 0 amide bonds. The van der Waals surface area contributed by atoms with Gasteiger partial charge in [0.2, 0.25) is 5.95 Å². The molecule has 1 saturated carbocycles. The summed E-state index contributed by atoms with van der Waals surface area (Å²) in [7, 11) is 3.36. The Morgan fingerprint density at radius 1 is 1.21 bits per heavy atom. The van der Waals surface area contributed by atoms with Crippen molar-refractivity contribution in [1.29, 1.82) is 0 Å². The molecule has 1 aliphatic rings. The summed E-state index contributed by atoms with van der Waals surface area (Å²) in [6.45, 7) is 2.72. The summed E-state index contributed by atoms with van der Waals surface area (Å²) in [5.41, 5.74) is 2.90. The van der Waals surface area contributed by atoms with Crippen LogP contribution in [0.3, 0.4) is 0 Å². The number of thiazole rings is 1. The first kappa shape index (κ1) is 19.6. The third kappa shape index (κ3) is 4.83. The topological polar surface area (TPSA) is 81.2 Å². The molecule has 1 fully saturated rings. The van der Waals surface area contributed by atoms with Crippen LogP contribution in [-0.2, 0) is 4.74 Å². The average molecular weight is 412 g/mol. The predicted octanol–water partition coefficient (Wildman–Crippen LogP) is 4.68. The molecule has 1 aromatic carbocycles.